The van der Waals surface area contributed by atoms with Crippen molar-refractivity contribution in [3.8, 4) is 22.5 Å². The number of alkyl halides is 3. The molecular weight excluding hydrogens is 535 g/mol. The van der Waals surface area contributed by atoms with Gasteiger partial charge in [-0.1, -0.05) is 0 Å². The number of benzene rings is 2. The number of ether oxygens (including phenoxy) is 1. The van der Waals surface area contributed by atoms with E-state index >= 15 is 0 Å². The van der Waals surface area contributed by atoms with E-state index in [2.05, 4.69) is 30.3 Å². The highest BCUT2D eigenvalue weighted by Gasteiger charge is 2.31. The molecule has 38 heavy (non-hydrogen) atoms. The van der Waals surface area contributed by atoms with E-state index in [0.717, 1.165) is 15.6 Å². The van der Waals surface area contributed by atoms with E-state index in [-0.39, 0.29) is 5.75 Å². The van der Waals surface area contributed by atoms with E-state index in [0.29, 0.717) is 49.2 Å². The van der Waals surface area contributed by atoms with E-state index in [4.69, 9.17) is 15.2 Å². The molecule has 4 aromatic rings. The van der Waals surface area contributed by atoms with Gasteiger partial charge in [0.2, 0.25) is 5.95 Å². The van der Waals surface area contributed by atoms with Crippen LogP contribution in [0, 0.1) is 11.3 Å². The van der Waals surface area contributed by atoms with E-state index in [9.17, 15) is 13.2 Å². The Kier molecular flexibility index (Phi) is 7.64. The van der Waals surface area contributed by atoms with Crippen molar-refractivity contribution in [2.45, 2.75) is 11.3 Å². The molecule has 0 radical (unpaired) electrons. The number of piperazine rings is 1. The van der Waals surface area contributed by atoms with Crippen molar-refractivity contribution < 1.29 is 17.9 Å². The maximum Gasteiger partial charge on any atom is 0.573 e. The van der Waals surface area contributed by atoms with Crippen LogP contribution in [0.2, 0.25) is 0 Å². The van der Waals surface area contributed by atoms with Gasteiger partial charge in [-0.25, -0.2) is 14.3 Å². The third kappa shape index (κ3) is 6.71. The van der Waals surface area contributed by atoms with Gasteiger partial charge in [-0.2, -0.15) is 10.2 Å². The van der Waals surface area contributed by atoms with Crippen LogP contribution in [-0.2, 0) is 0 Å². The molecule has 194 valence electrons. The number of nitriles is 1. The molecule has 1 saturated heterocycles. The van der Waals surface area contributed by atoms with Crippen LogP contribution in [0.1, 0.15) is 5.56 Å². The normalized spacial score (nSPS) is 14.2. The van der Waals surface area contributed by atoms with Gasteiger partial charge < -0.3 is 15.0 Å². The van der Waals surface area contributed by atoms with Crippen molar-refractivity contribution in [2.24, 2.45) is 0 Å². The molecule has 0 atom stereocenters. The predicted octanol–water partition coefficient (Wildman–Crippen LogP) is 5.94. The minimum Gasteiger partial charge on any atom is -0.406 e. The van der Waals surface area contributed by atoms with Crippen molar-refractivity contribution in [1.29, 1.82) is 5.26 Å². The van der Waals surface area contributed by atoms with Crippen LogP contribution in [0.4, 0.5) is 30.6 Å². The van der Waals surface area contributed by atoms with Crippen molar-refractivity contribution >= 4 is 40.7 Å². The molecule has 0 aliphatic carbocycles. The lowest BCUT2D eigenvalue weighted by atomic mass is 10.2. The molecule has 2 aromatic heterocycles. The number of rotatable bonds is 7. The lowest BCUT2D eigenvalue weighted by Gasteiger charge is -2.34. The number of aromatic nitrogens is 3. The van der Waals surface area contributed by atoms with E-state index < -0.39 is 6.36 Å². The Morgan fingerprint density at radius 3 is 2.37 bits per heavy atom. The van der Waals surface area contributed by atoms with Crippen LogP contribution in [-0.4, -0.2) is 51.8 Å². The highest BCUT2D eigenvalue weighted by atomic mass is 32.2. The van der Waals surface area contributed by atoms with Gasteiger partial charge in [0.05, 0.1) is 11.6 Å². The lowest BCUT2D eigenvalue weighted by molar-refractivity contribution is -0.274. The van der Waals surface area contributed by atoms with Crippen molar-refractivity contribution in [3.05, 3.63) is 71.7 Å². The average molecular weight is 556 g/mol. The van der Waals surface area contributed by atoms with Gasteiger partial charge in [0.15, 0.2) is 0 Å². The molecule has 0 spiro atoms. The molecule has 0 saturated carbocycles. The summed E-state index contributed by atoms with van der Waals surface area (Å²) in [4.78, 5) is 16.8. The second kappa shape index (κ2) is 11.3. The van der Waals surface area contributed by atoms with Gasteiger partial charge in [0.1, 0.15) is 22.3 Å². The molecule has 1 aliphatic heterocycles. The number of anilines is 3. The molecule has 8 nitrogen and oxygen atoms in total. The molecule has 0 amide bonds. The third-order valence-electron chi connectivity index (χ3n) is 5.47. The van der Waals surface area contributed by atoms with E-state index in [1.54, 1.807) is 30.5 Å². The molecular formula is C25H20F3N7OS2. The Morgan fingerprint density at radius 2 is 1.74 bits per heavy atom. The third-order valence-corrected chi connectivity index (χ3v) is 7.37. The molecule has 13 heteroatoms. The highest BCUT2D eigenvalue weighted by Crippen LogP contribution is 2.30. The van der Waals surface area contributed by atoms with Crippen LogP contribution in [0.5, 0.6) is 5.75 Å². The summed E-state index contributed by atoms with van der Waals surface area (Å²) >= 11 is 2.97. The molecule has 1 aliphatic rings. The van der Waals surface area contributed by atoms with Crippen LogP contribution in [0.25, 0.3) is 10.7 Å². The SMILES string of the molecule is N#Cc1ccc(Nc2cc(-c3nccs3)nc(N3CCN(Sc4ccc(OC(F)(F)F)cc4)CC3)n2)cc1. The van der Waals surface area contributed by atoms with Crippen molar-refractivity contribution in [3.63, 3.8) is 0 Å². The highest BCUT2D eigenvalue weighted by molar-refractivity contribution is 7.97. The van der Waals surface area contributed by atoms with Crippen LogP contribution < -0.4 is 15.0 Å². The van der Waals surface area contributed by atoms with Gasteiger partial charge in [0.25, 0.3) is 0 Å². The summed E-state index contributed by atoms with van der Waals surface area (Å²) in [5.41, 5.74) is 2.08. The first-order chi connectivity index (χ1) is 18.3. The summed E-state index contributed by atoms with van der Waals surface area (Å²) < 4.78 is 43.3. The maximum atomic E-state index is 12.4. The zero-order valence-electron chi connectivity index (χ0n) is 19.7. The standard InChI is InChI=1S/C25H20F3N7OS2/c26-25(27,28)36-19-5-7-20(8-6-19)38-35-12-10-34(11-13-35)24-32-21(23-30-9-14-37-23)15-22(33-24)31-18-3-1-17(16-29)2-4-18/h1-9,14-15H,10-13H2,(H,31,32,33). The Balaban J connectivity index is 1.26. The van der Waals surface area contributed by atoms with E-state index in [1.165, 1.54) is 35.4 Å². The first-order valence-corrected chi connectivity index (χ1v) is 13.1. The molecule has 0 bridgehead atoms. The molecule has 1 N–H and O–H groups in total. The van der Waals surface area contributed by atoms with Crippen LogP contribution in [0.15, 0.2) is 71.1 Å². The van der Waals surface area contributed by atoms with Crippen LogP contribution in [0.3, 0.4) is 0 Å². The van der Waals surface area contributed by atoms with E-state index in [1.807, 2.05) is 23.6 Å². The second-order valence-corrected chi connectivity index (χ2v) is 10.2. The summed E-state index contributed by atoms with van der Waals surface area (Å²) in [6, 6.07) is 16.9. The number of halogens is 3. The predicted molar refractivity (Wildman–Crippen MR) is 140 cm³/mol. The Hall–Kier alpha value is -3.86. The summed E-state index contributed by atoms with van der Waals surface area (Å²) in [6.07, 6.45) is -2.98. The van der Waals surface area contributed by atoms with Gasteiger partial charge >= 0.3 is 6.36 Å². The van der Waals surface area contributed by atoms with Gasteiger partial charge in [-0.05, 0) is 60.5 Å². The summed E-state index contributed by atoms with van der Waals surface area (Å²) in [6.45, 7) is 2.74. The van der Waals surface area contributed by atoms with Gasteiger partial charge in [0, 0.05) is 54.4 Å². The van der Waals surface area contributed by atoms with Crippen molar-refractivity contribution in [2.75, 3.05) is 36.4 Å². The molecule has 2 aromatic carbocycles. The zero-order valence-corrected chi connectivity index (χ0v) is 21.4. The van der Waals surface area contributed by atoms with Crippen LogP contribution >= 0.6 is 23.3 Å². The molecule has 1 fully saturated rings. The average Bonchev–Trinajstić information content (AvgIpc) is 3.45. The molecule has 3 heterocycles. The Labute approximate surface area is 224 Å². The molecule has 5 rings (SSSR count). The summed E-state index contributed by atoms with van der Waals surface area (Å²) in [7, 11) is 0. The van der Waals surface area contributed by atoms with Crippen molar-refractivity contribution in [1.82, 2.24) is 19.3 Å². The number of hydrogen-bond donors (Lipinski definition) is 1. The number of nitrogens with zero attached hydrogens (tertiary/aromatic N) is 6. The maximum absolute atomic E-state index is 12.4. The monoisotopic (exact) mass is 555 g/mol. The number of thiazole rings is 1. The first-order valence-electron chi connectivity index (χ1n) is 11.4. The molecule has 0 unspecified atom stereocenters. The fraction of sp³-hybridized carbons (Fsp3) is 0.200. The van der Waals surface area contributed by atoms with Gasteiger partial charge in [-0.3, -0.25) is 0 Å². The summed E-state index contributed by atoms with van der Waals surface area (Å²) in [5, 5.41) is 15.0. The largest absolute Gasteiger partial charge is 0.573 e. The lowest BCUT2D eigenvalue weighted by Crippen LogP contribution is -2.44. The van der Waals surface area contributed by atoms with Gasteiger partial charge in [-0.15, -0.1) is 24.5 Å². The second-order valence-electron chi connectivity index (χ2n) is 8.12. The number of hydrogen-bond acceptors (Lipinski definition) is 10. The Morgan fingerprint density at radius 1 is 1.00 bits per heavy atom. The minimum absolute atomic E-state index is 0.241. The number of nitrogens with one attached hydrogen (secondary N) is 1. The minimum atomic E-state index is -4.71. The zero-order chi connectivity index (χ0) is 26.5. The Bertz CT molecular complexity index is 1400. The quantitative estimate of drug-likeness (QED) is 0.278. The first kappa shape index (κ1) is 25.8. The fourth-order valence-corrected chi connectivity index (χ4v) is 5.21. The summed E-state index contributed by atoms with van der Waals surface area (Å²) in [5.74, 6) is 0.948. The smallest absolute Gasteiger partial charge is 0.406 e. The topological polar surface area (TPSA) is 90.2 Å². The fourth-order valence-electron chi connectivity index (χ4n) is 3.71.